The van der Waals surface area contributed by atoms with Crippen molar-refractivity contribution in [2.45, 2.75) is 31.9 Å². The van der Waals surface area contributed by atoms with Crippen molar-refractivity contribution >= 4 is 9.16 Å². The fourth-order valence-corrected chi connectivity index (χ4v) is 3.58. The van der Waals surface area contributed by atoms with Gasteiger partial charge in [-0.3, -0.25) is 9.16 Å². The average molecular weight is 256 g/mol. The molecule has 1 aromatic rings. The molecule has 0 aliphatic rings. The van der Waals surface area contributed by atoms with Crippen molar-refractivity contribution < 1.29 is 5.11 Å². The Bertz CT molecular complexity index is 357. The highest BCUT2D eigenvalue weighted by molar-refractivity contribution is 8.48. The highest BCUT2D eigenvalue weighted by Crippen LogP contribution is 2.63. The molecule has 0 radical (unpaired) electrons. The zero-order chi connectivity index (χ0) is 13.1. The molecule has 0 saturated heterocycles. The maximum atomic E-state index is 9.23. The fourth-order valence-electron chi connectivity index (χ4n) is 1.77. The molecule has 0 aliphatic heterocycles. The second-order valence-corrected chi connectivity index (χ2v) is 14.8. The molecular weight excluding hydrogens is 228 g/mol. The Balaban J connectivity index is 2.51. The SMILES string of the molecule is CC(C)[SH](C)(C)(C)CCCc1ccc(O)cc1. The normalized spacial score (nSPS) is 14.6. The predicted molar refractivity (Wildman–Crippen MR) is 83.2 cm³/mol. The van der Waals surface area contributed by atoms with E-state index in [1.165, 1.54) is 17.7 Å². The number of hydrogen-bond acceptors (Lipinski definition) is 1. The van der Waals surface area contributed by atoms with Crippen molar-refractivity contribution in [3.63, 3.8) is 0 Å². The molecule has 0 spiro atoms. The van der Waals surface area contributed by atoms with Crippen molar-refractivity contribution in [3.05, 3.63) is 29.8 Å². The number of hydrogen-bond donors (Lipinski definition) is 2. The highest BCUT2D eigenvalue weighted by Gasteiger charge is 2.28. The van der Waals surface area contributed by atoms with E-state index in [1.54, 1.807) is 12.1 Å². The van der Waals surface area contributed by atoms with E-state index in [-0.39, 0.29) is 0 Å². The van der Waals surface area contributed by atoms with Crippen molar-refractivity contribution in [1.82, 2.24) is 0 Å². The molecule has 0 heterocycles. The van der Waals surface area contributed by atoms with Crippen LogP contribution in [0.25, 0.3) is 0 Å². The van der Waals surface area contributed by atoms with Gasteiger partial charge in [-0.05, 0) is 60.3 Å². The molecule has 1 rings (SSSR count). The molecule has 100 valence electrons. The first-order valence-electron chi connectivity index (χ1n) is 6.47. The third kappa shape index (κ3) is 4.27. The predicted octanol–water partition coefficient (Wildman–Crippen LogP) is 3.70. The fraction of sp³-hybridized carbons (Fsp3) is 0.600. The molecule has 1 nitrogen and oxygen atoms in total. The lowest BCUT2D eigenvalue weighted by atomic mass is 10.1. The van der Waals surface area contributed by atoms with Gasteiger partial charge in [0.25, 0.3) is 0 Å². The standard InChI is InChI=1S/C15H28OS/c1-13(2)17(3,4,5)12-6-7-14-8-10-15(16)11-9-14/h8-11,13,16-17H,6-7,12H2,1-5H3. The van der Waals surface area contributed by atoms with Crippen molar-refractivity contribution in [2.24, 2.45) is 0 Å². The van der Waals surface area contributed by atoms with E-state index in [4.69, 9.17) is 0 Å². The van der Waals surface area contributed by atoms with Crippen LogP contribution in [0.2, 0.25) is 0 Å². The number of phenols is 1. The number of aromatic hydroxyl groups is 1. The first-order chi connectivity index (χ1) is 7.69. The summed E-state index contributed by atoms with van der Waals surface area (Å²) in [6.07, 6.45) is 9.86. The van der Waals surface area contributed by atoms with Gasteiger partial charge < -0.3 is 5.11 Å². The van der Waals surface area contributed by atoms with Crippen LogP contribution in [0.5, 0.6) is 5.75 Å². The number of benzene rings is 1. The summed E-state index contributed by atoms with van der Waals surface area (Å²) in [7, 11) is -1.46. The van der Waals surface area contributed by atoms with Gasteiger partial charge in [-0.15, -0.1) is 0 Å². The Morgan fingerprint density at radius 2 is 1.59 bits per heavy atom. The zero-order valence-corrected chi connectivity index (χ0v) is 12.8. The number of thiol groups is 1. The van der Waals surface area contributed by atoms with Gasteiger partial charge >= 0.3 is 0 Å². The molecule has 0 saturated carbocycles. The average Bonchev–Trinajstić information content (AvgIpc) is 2.20. The topological polar surface area (TPSA) is 20.2 Å². The van der Waals surface area contributed by atoms with Crippen LogP contribution in [0.15, 0.2) is 24.3 Å². The van der Waals surface area contributed by atoms with Gasteiger partial charge in [0.1, 0.15) is 5.75 Å². The van der Waals surface area contributed by atoms with Gasteiger partial charge in [-0.1, -0.05) is 26.0 Å². The Kier molecular flexibility index (Phi) is 4.19. The Labute approximate surface area is 107 Å². The van der Waals surface area contributed by atoms with Crippen LogP contribution >= 0.6 is 9.16 Å². The number of rotatable bonds is 5. The molecule has 0 bridgehead atoms. The molecule has 0 fully saturated rings. The Morgan fingerprint density at radius 3 is 2.06 bits per heavy atom. The van der Waals surface area contributed by atoms with Gasteiger partial charge in [0.15, 0.2) is 0 Å². The Morgan fingerprint density at radius 1 is 1.06 bits per heavy atom. The smallest absolute Gasteiger partial charge is 0.115 e. The van der Waals surface area contributed by atoms with Gasteiger partial charge in [0.2, 0.25) is 0 Å². The molecule has 1 N–H and O–H groups in total. The van der Waals surface area contributed by atoms with Gasteiger partial charge in [-0.25, -0.2) is 0 Å². The van der Waals surface area contributed by atoms with Crippen molar-refractivity contribution in [3.8, 4) is 5.75 Å². The molecule has 17 heavy (non-hydrogen) atoms. The minimum absolute atomic E-state index is 0.358. The summed E-state index contributed by atoms with van der Waals surface area (Å²) >= 11 is 0. The molecule has 1 aromatic carbocycles. The summed E-state index contributed by atoms with van der Waals surface area (Å²) in [4.78, 5) is 0. The van der Waals surface area contributed by atoms with Crippen LogP contribution in [0.3, 0.4) is 0 Å². The van der Waals surface area contributed by atoms with Crippen LogP contribution in [0.4, 0.5) is 0 Å². The lowest BCUT2D eigenvalue weighted by Crippen LogP contribution is -2.27. The first kappa shape index (κ1) is 14.4. The summed E-state index contributed by atoms with van der Waals surface area (Å²) in [5, 5.41) is 10.0. The maximum Gasteiger partial charge on any atom is 0.115 e. The minimum Gasteiger partial charge on any atom is -0.508 e. The lowest BCUT2D eigenvalue weighted by Gasteiger charge is -2.56. The first-order valence-corrected chi connectivity index (χ1v) is 10.3. The highest BCUT2D eigenvalue weighted by atomic mass is 32.3. The summed E-state index contributed by atoms with van der Waals surface area (Å²) in [6.45, 7) is 4.72. The molecule has 0 amide bonds. The summed E-state index contributed by atoms with van der Waals surface area (Å²) in [5.41, 5.74) is 1.33. The largest absolute Gasteiger partial charge is 0.508 e. The van der Waals surface area contributed by atoms with Crippen LogP contribution < -0.4 is 0 Å². The monoisotopic (exact) mass is 256 g/mol. The number of phenolic OH excluding ortho intramolecular Hbond substituents is 1. The third-order valence-electron chi connectivity index (χ3n) is 4.27. The molecule has 0 aliphatic carbocycles. The Hall–Kier alpha value is -0.630. The van der Waals surface area contributed by atoms with E-state index in [0.29, 0.717) is 5.75 Å². The van der Waals surface area contributed by atoms with Gasteiger partial charge in [-0.2, -0.15) is 0 Å². The molecule has 0 aromatic heterocycles. The van der Waals surface area contributed by atoms with Gasteiger partial charge in [0.05, 0.1) is 0 Å². The van der Waals surface area contributed by atoms with Crippen molar-refractivity contribution in [1.29, 1.82) is 0 Å². The van der Waals surface area contributed by atoms with Crippen LogP contribution in [-0.4, -0.2) is 34.9 Å². The van der Waals surface area contributed by atoms with E-state index in [0.717, 1.165) is 11.7 Å². The molecule has 0 unspecified atom stereocenters. The molecule has 0 atom stereocenters. The molecular formula is C15H28OS. The van der Waals surface area contributed by atoms with Crippen LogP contribution in [-0.2, 0) is 6.42 Å². The third-order valence-corrected chi connectivity index (χ3v) is 10.0. The zero-order valence-electron chi connectivity index (χ0n) is 11.9. The molecule has 2 heteroatoms. The van der Waals surface area contributed by atoms with Gasteiger partial charge in [0, 0.05) is 0 Å². The van der Waals surface area contributed by atoms with E-state index < -0.39 is 9.16 Å². The summed E-state index contributed by atoms with van der Waals surface area (Å²) in [6, 6.07) is 7.62. The summed E-state index contributed by atoms with van der Waals surface area (Å²) in [5.74, 6) is 1.71. The van der Waals surface area contributed by atoms with Crippen LogP contribution in [0, 0.1) is 0 Å². The summed E-state index contributed by atoms with van der Waals surface area (Å²) < 4.78 is 0. The van der Waals surface area contributed by atoms with E-state index >= 15 is 0 Å². The second-order valence-electron chi connectivity index (χ2n) is 6.83. The van der Waals surface area contributed by atoms with Crippen molar-refractivity contribution in [2.75, 3.05) is 24.5 Å². The van der Waals surface area contributed by atoms with E-state index in [2.05, 4.69) is 32.6 Å². The lowest BCUT2D eigenvalue weighted by molar-refractivity contribution is 0.475. The van der Waals surface area contributed by atoms with E-state index in [9.17, 15) is 5.11 Å². The van der Waals surface area contributed by atoms with E-state index in [1.807, 2.05) is 12.1 Å². The second kappa shape index (κ2) is 4.93. The minimum atomic E-state index is -1.46. The maximum absolute atomic E-state index is 9.23. The quantitative estimate of drug-likeness (QED) is 0.770. The number of aryl methyl sites for hydroxylation is 1. The van der Waals surface area contributed by atoms with Crippen LogP contribution in [0.1, 0.15) is 25.8 Å².